The van der Waals surface area contributed by atoms with E-state index < -0.39 is 17.6 Å². The Kier molecular flexibility index (Phi) is 5.17. The van der Waals surface area contributed by atoms with E-state index in [0.29, 0.717) is 6.42 Å². The summed E-state index contributed by atoms with van der Waals surface area (Å²) in [7, 11) is 1.59. The highest BCUT2D eigenvalue weighted by Crippen LogP contribution is 2.22. The minimum atomic E-state index is -0.711. The summed E-state index contributed by atoms with van der Waals surface area (Å²) in [6.07, 6.45) is 2.32. The quantitative estimate of drug-likeness (QED) is 0.783. The van der Waals surface area contributed by atoms with Gasteiger partial charge in [0.15, 0.2) is 0 Å². The molecule has 9 heteroatoms. The number of hydrogen-bond acceptors (Lipinski definition) is 5. The van der Waals surface area contributed by atoms with Crippen molar-refractivity contribution in [1.82, 2.24) is 25.4 Å². The molecule has 0 bridgehead atoms. The van der Waals surface area contributed by atoms with E-state index in [-0.39, 0.29) is 17.8 Å². The zero-order valence-corrected chi connectivity index (χ0v) is 16.1. The molecule has 2 unspecified atom stereocenters. The first-order valence-electron chi connectivity index (χ1n) is 8.81. The molecule has 0 aromatic carbocycles. The van der Waals surface area contributed by atoms with Crippen LogP contribution in [0.15, 0.2) is 10.9 Å². The van der Waals surface area contributed by atoms with Crippen LogP contribution in [0.5, 0.6) is 0 Å². The van der Waals surface area contributed by atoms with Crippen molar-refractivity contribution in [2.24, 2.45) is 0 Å². The fourth-order valence-electron chi connectivity index (χ4n) is 3.69. The number of hydrogen-bond donors (Lipinski definition) is 2. The van der Waals surface area contributed by atoms with Crippen molar-refractivity contribution in [3.63, 3.8) is 0 Å². The van der Waals surface area contributed by atoms with Gasteiger partial charge in [-0.05, 0) is 26.7 Å². The minimum Gasteiger partial charge on any atom is -0.342 e. The second kappa shape index (κ2) is 7.22. The number of carbonyl (C=O) groups is 3. The zero-order chi connectivity index (χ0) is 18.9. The van der Waals surface area contributed by atoms with E-state index in [9.17, 15) is 14.4 Å². The third-order valence-electron chi connectivity index (χ3n) is 5.00. The van der Waals surface area contributed by atoms with Gasteiger partial charge in [0.05, 0.1) is 16.7 Å². The number of likely N-dealkylation sites (tertiary alicyclic amines) is 1. The summed E-state index contributed by atoms with van der Waals surface area (Å²) in [5.74, 6) is -0.412. The molecule has 26 heavy (non-hydrogen) atoms. The number of rotatable bonds is 5. The fourth-order valence-corrected chi connectivity index (χ4v) is 4.26. The summed E-state index contributed by atoms with van der Waals surface area (Å²) < 4.78 is 0. The number of urea groups is 1. The second-order valence-electron chi connectivity index (χ2n) is 7.44. The lowest BCUT2D eigenvalue weighted by Gasteiger charge is -2.30. The maximum absolute atomic E-state index is 12.9. The molecule has 8 nitrogen and oxygen atoms in total. The summed E-state index contributed by atoms with van der Waals surface area (Å²) in [5, 5.41) is 7.56. The van der Waals surface area contributed by atoms with Crippen molar-refractivity contribution < 1.29 is 14.4 Å². The number of aromatic nitrogens is 1. The van der Waals surface area contributed by atoms with Gasteiger partial charge >= 0.3 is 6.03 Å². The topological polar surface area (TPSA) is 94.6 Å². The molecule has 2 atom stereocenters. The molecule has 2 N–H and O–H groups in total. The van der Waals surface area contributed by atoms with E-state index in [1.807, 2.05) is 5.38 Å². The predicted molar refractivity (Wildman–Crippen MR) is 97.7 cm³/mol. The first-order valence-corrected chi connectivity index (χ1v) is 9.75. The van der Waals surface area contributed by atoms with Gasteiger partial charge in [-0.1, -0.05) is 0 Å². The highest BCUT2D eigenvalue weighted by Gasteiger charge is 2.48. The van der Waals surface area contributed by atoms with Crippen LogP contribution in [0.2, 0.25) is 0 Å². The van der Waals surface area contributed by atoms with E-state index in [1.165, 1.54) is 16.2 Å². The van der Waals surface area contributed by atoms with Crippen molar-refractivity contribution in [3.05, 3.63) is 16.6 Å². The Hall–Kier alpha value is -2.16. The van der Waals surface area contributed by atoms with E-state index >= 15 is 0 Å². The molecule has 2 aliphatic rings. The van der Waals surface area contributed by atoms with Crippen molar-refractivity contribution in [2.45, 2.75) is 50.7 Å². The first-order chi connectivity index (χ1) is 12.3. The van der Waals surface area contributed by atoms with Crippen LogP contribution in [0.1, 0.15) is 32.4 Å². The zero-order valence-electron chi connectivity index (χ0n) is 15.3. The Morgan fingerprint density at radius 3 is 2.65 bits per heavy atom. The molecule has 0 radical (unpaired) electrons. The van der Waals surface area contributed by atoms with Gasteiger partial charge < -0.3 is 20.4 Å². The standard InChI is InChI=1S/C17H25N5O3S/c1-17(2)13(21(3)16(25)20-17)14(23)19-12(8-11-9-26-10-18-11)15(24)22-6-4-5-7-22/h9-10,12-13H,4-8H2,1-3H3,(H,19,23)(H,20,25). The van der Waals surface area contributed by atoms with Crippen molar-refractivity contribution >= 4 is 29.2 Å². The monoisotopic (exact) mass is 379 g/mol. The molecular weight excluding hydrogens is 354 g/mol. The number of carbonyl (C=O) groups excluding carboxylic acids is 3. The van der Waals surface area contributed by atoms with Crippen molar-refractivity contribution in [1.29, 1.82) is 0 Å². The van der Waals surface area contributed by atoms with Crippen LogP contribution in [0.25, 0.3) is 0 Å². The van der Waals surface area contributed by atoms with Crippen LogP contribution >= 0.6 is 11.3 Å². The average molecular weight is 379 g/mol. The Bertz CT molecular complexity index is 685. The third-order valence-corrected chi connectivity index (χ3v) is 5.63. The molecule has 0 aliphatic carbocycles. The fraction of sp³-hybridized carbons (Fsp3) is 0.647. The number of likely N-dealkylation sites (N-methyl/N-ethyl adjacent to an activating group) is 1. The molecule has 0 saturated carbocycles. The van der Waals surface area contributed by atoms with E-state index in [2.05, 4.69) is 15.6 Å². The maximum atomic E-state index is 12.9. The maximum Gasteiger partial charge on any atom is 0.318 e. The Balaban J connectivity index is 1.77. The summed E-state index contributed by atoms with van der Waals surface area (Å²) in [6.45, 7) is 5.04. The number of nitrogens with zero attached hydrogens (tertiary/aromatic N) is 3. The summed E-state index contributed by atoms with van der Waals surface area (Å²) >= 11 is 1.46. The molecule has 4 amide bonds. The van der Waals surface area contributed by atoms with Gasteiger partial charge in [0.1, 0.15) is 12.1 Å². The van der Waals surface area contributed by atoms with Gasteiger partial charge in [-0.3, -0.25) is 9.59 Å². The van der Waals surface area contributed by atoms with Crippen LogP contribution < -0.4 is 10.6 Å². The molecule has 2 aliphatic heterocycles. The molecule has 1 aromatic heterocycles. The summed E-state index contributed by atoms with van der Waals surface area (Å²) in [6, 6.07) is -1.65. The van der Waals surface area contributed by atoms with Gasteiger partial charge in [-0.2, -0.15) is 0 Å². The van der Waals surface area contributed by atoms with E-state index in [1.54, 1.807) is 31.3 Å². The van der Waals surface area contributed by atoms with Gasteiger partial charge in [0, 0.05) is 31.9 Å². The number of amides is 4. The predicted octanol–water partition coefficient (Wildman–Crippen LogP) is 0.595. The molecule has 3 rings (SSSR count). The highest BCUT2D eigenvalue weighted by molar-refractivity contribution is 7.07. The molecule has 142 valence electrons. The second-order valence-corrected chi connectivity index (χ2v) is 8.16. The smallest absolute Gasteiger partial charge is 0.318 e. The van der Waals surface area contributed by atoms with Gasteiger partial charge in [0.25, 0.3) is 0 Å². The van der Waals surface area contributed by atoms with Crippen LogP contribution in [0.3, 0.4) is 0 Å². The third kappa shape index (κ3) is 3.67. The van der Waals surface area contributed by atoms with Crippen LogP contribution in [-0.4, -0.2) is 70.4 Å². The van der Waals surface area contributed by atoms with E-state index in [0.717, 1.165) is 31.6 Å². The lowest BCUT2D eigenvalue weighted by Crippen LogP contribution is -2.58. The van der Waals surface area contributed by atoms with Crippen molar-refractivity contribution in [3.8, 4) is 0 Å². The molecule has 0 spiro atoms. The highest BCUT2D eigenvalue weighted by atomic mass is 32.1. The number of nitrogens with one attached hydrogen (secondary N) is 2. The lowest BCUT2D eigenvalue weighted by molar-refractivity contribution is -0.137. The first kappa shape index (κ1) is 18.6. The SMILES string of the molecule is CN1C(=O)NC(C)(C)C1C(=O)NC(Cc1cscn1)C(=O)N1CCCC1. The average Bonchev–Trinajstić information content (AvgIpc) is 3.29. The van der Waals surface area contributed by atoms with Gasteiger partial charge in [-0.15, -0.1) is 11.3 Å². The molecule has 1 aromatic rings. The van der Waals surface area contributed by atoms with Crippen LogP contribution in [-0.2, 0) is 16.0 Å². The van der Waals surface area contributed by atoms with Crippen molar-refractivity contribution in [2.75, 3.05) is 20.1 Å². The molecule has 2 fully saturated rings. The Morgan fingerprint density at radius 2 is 2.12 bits per heavy atom. The normalized spacial score (nSPS) is 23.0. The lowest BCUT2D eigenvalue weighted by atomic mass is 9.94. The Labute approximate surface area is 156 Å². The van der Waals surface area contributed by atoms with Crippen LogP contribution in [0, 0.1) is 0 Å². The molecule has 2 saturated heterocycles. The summed E-state index contributed by atoms with van der Waals surface area (Å²) in [4.78, 5) is 45.2. The Morgan fingerprint density at radius 1 is 1.42 bits per heavy atom. The summed E-state index contributed by atoms with van der Waals surface area (Å²) in [5.41, 5.74) is 1.78. The minimum absolute atomic E-state index is 0.0819. The van der Waals surface area contributed by atoms with Crippen LogP contribution in [0.4, 0.5) is 4.79 Å². The number of thiazole rings is 1. The van der Waals surface area contributed by atoms with E-state index in [4.69, 9.17) is 0 Å². The molecule has 3 heterocycles. The van der Waals surface area contributed by atoms with Gasteiger partial charge in [0.2, 0.25) is 11.8 Å². The molecular formula is C17H25N5O3S. The largest absolute Gasteiger partial charge is 0.342 e. The van der Waals surface area contributed by atoms with Gasteiger partial charge in [-0.25, -0.2) is 9.78 Å².